The molecule has 1 amide bonds. The van der Waals surface area contributed by atoms with Crippen LogP contribution in [0.5, 0.6) is 0 Å². The summed E-state index contributed by atoms with van der Waals surface area (Å²) in [7, 11) is 1.29. The second-order valence-electron chi connectivity index (χ2n) is 5.49. The Balaban J connectivity index is 1.72. The van der Waals surface area contributed by atoms with E-state index in [1.165, 1.54) is 25.3 Å². The monoisotopic (exact) mass is 345 g/mol. The van der Waals surface area contributed by atoms with Crippen molar-refractivity contribution in [2.45, 2.75) is 18.9 Å². The number of aromatic nitrogens is 1. The summed E-state index contributed by atoms with van der Waals surface area (Å²) in [5.41, 5.74) is 1.77. The van der Waals surface area contributed by atoms with E-state index in [1.54, 1.807) is 12.3 Å². The molecule has 1 heterocycles. The molecule has 1 fully saturated rings. The number of nitrogens with zero attached hydrogens (tertiary/aromatic N) is 1. The lowest BCUT2D eigenvalue weighted by Crippen LogP contribution is -2.15. The molecule has 124 valence electrons. The van der Waals surface area contributed by atoms with Crippen LogP contribution in [0.2, 0.25) is 5.02 Å². The van der Waals surface area contributed by atoms with Gasteiger partial charge in [0.1, 0.15) is 5.69 Å². The number of esters is 1. The molecule has 6 nitrogen and oxygen atoms in total. The number of halogens is 1. The number of anilines is 2. The van der Waals surface area contributed by atoms with Crippen molar-refractivity contribution in [1.82, 2.24) is 4.98 Å². The highest BCUT2D eigenvalue weighted by Crippen LogP contribution is 2.25. The highest BCUT2D eigenvalue weighted by molar-refractivity contribution is 6.34. The number of hydrogen-bond donors (Lipinski definition) is 2. The number of methoxy groups -OCH3 is 1. The van der Waals surface area contributed by atoms with Crippen LogP contribution >= 0.6 is 11.6 Å². The second-order valence-corrected chi connectivity index (χ2v) is 5.90. The molecule has 1 aliphatic rings. The van der Waals surface area contributed by atoms with E-state index in [4.69, 9.17) is 11.6 Å². The van der Waals surface area contributed by atoms with Gasteiger partial charge in [0.2, 0.25) is 0 Å². The average Bonchev–Trinajstić information content (AvgIpc) is 3.40. The Hall–Kier alpha value is -2.60. The summed E-state index contributed by atoms with van der Waals surface area (Å²) in [6.07, 6.45) is 3.95. The number of nitrogens with one attached hydrogen (secondary N) is 2. The number of amides is 1. The number of hydrogen-bond acceptors (Lipinski definition) is 5. The molecular weight excluding hydrogens is 330 g/mol. The molecule has 1 aliphatic carbocycles. The SMILES string of the molecule is COC(=O)c1ccc(Cl)c(NC(=O)c2ccc(NC3CC3)cn2)c1. The Bertz CT molecular complexity index is 773. The Morgan fingerprint density at radius 2 is 2.04 bits per heavy atom. The van der Waals surface area contributed by atoms with Crippen molar-refractivity contribution in [3.8, 4) is 0 Å². The number of carbonyl (C=O) groups excluding carboxylic acids is 2. The van der Waals surface area contributed by atoms with Crippen LogP contribution in [0.3, 0.4) is 0 Å². The van der Waals surface area contributed by atoms with E-state index in [1.807, 2.05) is 6.07 Å². The van der Waals surface area contributed by atoms with Crippen LogP contribution in [0.25, 0.3) is 0 Å². The summed E-state index contributed by atoms with van der Waals surface area (Å²) in [5.74, 6) is -0.910. The molecule has 2 N–H and O–H groups in total. The molecule has 0 radical (unpaired) electrons. The van der Waals surface area contributed by atoms with E-state index < -0.39 is 11.9 Å². The van der Waals surface area contributed by atoms with Gasteiger partial charge < -0.3 is 15.4 Å². The van der Waals surface area contributed by atoms with E-state index in [0.717, 1.165) is 18.5 Å². The molecule has 0 bridgehead atoms. The molecule has 1 aromatic carbocycles. The van der Waals surface area contributed by atoms with Crippen molar-refractivity contribution < 1.29 is 14.3 Å². The Morgan fingerprint density at radius 1 is 1.25 bits per heavy atom. The fourth-order valence-electron chi connectivity index (χ4n) is 2.13. The number of pyridine rings is 1. The molecule has 7 heteroatoms. The molecule has 0 atom stereocenters. The normalized spacial score (nSPS) is 13.2. The zero-order valence-electron chi connectivity index (χ0n) is 13.0. The molecule has 3 rings (SSSR count). The van der Waals surface area contributed by atoms with Gasteiger partial charge in [-0.3, -0.25) is 4.79 Å². The maximum atomic E-state index is 12.3. The molecular formula is C17H16ClN3O3. The lowest BCUT2D eigenvalue weighted by atomic mass is 10.2. The van der Waals surface area contributed by atoms with Crippen molar-refractivity contribution in [3.63, 3.8) is 0 Å². The van der Waals surface area contributed by atoms with Gasteiger partial charge in [-0.25, -0.2) is 9.78 Å². The van der Waals surface area contributed by atoms with E-state index in [0.29, 0.717) is 22.3 Å². The maximum absolute atomic E-state index is 12.3. The molecule has 1 saturated carbocycles. The van der Waals surface area contributed by atoms with Crippen molar-refractivity contribution in [2.24, 2.45) is 0 Å². The quantitative estimate of drug-likeness (QED) is 0.812. The molecule has 2 aromatic rings. The van der Waals surface area contributed by atoms with Gasteiger partial charge in [-0.15, -0.1) is 0 Å². The molecule has 0 saturated heterocycles. The Labute approximate surface area is 144 Å². The molecule has 0 unspecified atom stereocenters. The first-order chi connectivity index (χ1) is 11.6. The van der Waals surface area contributed by atoms with E-state index in [-0.39, 0.29) is 5.69 Å². The van der Waals surface area contributed by atoms with Gasteiger partial charge in [0, 0.05) is 6.04 Å². The summed E-state index contributed by atoms with van der Waals surface area (Å²) < 4.78 is 4.66. The zero-order valence-corrected chi connectivity index (χ0v) is 13.8. The number of benzene rings is 1. The maximum Gasteiger partial charge on any atom is 0.337 e. The zero-order chi connectivity index (χ0) is 17.1. The molecule has 24 heavy (non-hydrogen) atoms. The molecule has 1 aromatic heterocycles. The van der Waals surface area contributed by atoms with Crippen molar-refractivity contribution in [3.05, 3.63) is 52.8 Å². The van der Waals surface area contributed by atoms with Crippen LogP contribution in [0, 0.1) is 0 Å². The standard InChI is InChI=1S/C17H16ClN3O3/c1-24-17(23)10-2-6-13(18)15(8-10)21-16(22)14-7-5-12(9-19-14)20-11-3-4-11/h2,5-9,11,20H,3-4H2,1H3,(H,21,22). The minimum Gasteiger partial charge on any atom is -0.465 e. The fraction of sp³-hybridized carbons (Fsp3) is 0.235. The summed E-state index contributed by atoms with van der Waals surface area (Å²) in [5, 5.41) is 6.28. The largest absolute Gasteiger partial charge is 0.465 e. The van der Waals surface area contributed by atoms with Crippen LogP contribution < -0.4 is 10.6 Å². The van der Waals surface area contributed by atoms with E-state index in [2.05, 4.69) is 20.4 Å². The highest BCUT2D eigenvalue weighted by Gasteiger charge is 2.21. The van der Waals surface area contributed by atoms with Gasteiger partial charge in [-0.2, -0.15) is 0 Å². The van der Waals surface area contributed by atoms with Gasteiger partial charge in [0.05, 0.1) is 35.3 Å². The van der Waals surface area contributed by atoms with Gasteiger partial charge in [0.25, 0.3) is 5.91 Å². The van der Waals surface area contributed by atoms with Crippen molar-refractivity contribution >= 4 is 34.9 Å². The summed E-state index contributed by atoms with van der Waals surface area (Å²) in [6, 6.07) is 8.49. The Morgan fingerprint density at radius 3 is 2.67 bits per heavy atom. The summed E-state index contributed by atoms with van der Waals surface area (Å²) in [4.78, 5) is 28.0. The molecule has 0 aliphatic heterocycles. The van der Waals surface area contributed by atoms with Gasteiger partial charge in [-0.05, 0) is 43.2 Å². The number of rotatable bonds is 5. The van der Waals surface area contributed by atoms with Crippen LogP contribution in [-0.2, 0) is 4.74 Å². The highest BCUT2D eigenvalue weighted by atomic mass is 35.5. The van der Waals surface area contributed by atoms with Crippen molar-refractivity contribution in [1.29, 1.82) is 0 Å². The third kappa shape index (κ3) is 3.83. The fourth-order valence-corrected chi connectivity index (χ4v) is 2.29. The van der Waals surface area contributed by atoms with Crippen LogP contribution in [0.4, 0.5) is 11.4 Å². The first kappa shape index (κ1) is 16.3. The lowest BCUT2D eigenvalue weighted by molar-refractivity contribution is 0.0600. The summed E-state index contributed by atoms with van der Waals surface area (Å²) >= 11 is 6.07. The van der Waals surface area contributed by atoms with Crippen LogP contribution in [0.15, 0.2) is 36.5 Å². The minimum atomic E-state index is -0.504. The number of ether oxygens (including phenoxy) is 1. The van der Waals surface area contributed by atoms with Crippen LogP contribution in [-0.4, -0.2) is 30.0 Å². The first-order valence-corrected chi connectivity index (χ1v) is 7.86. The van der Waals surface area contributed by atoms with Crippen LogP contribution in [0.1, 0.15) is 33.7 Å². The first-order valence-electron chi connectivity index (χ1n) is 7.48. The third-order valence-electron chi connectivity index (χ3n) is 3.58. The van der Waals surface area contributed by atoms with Crippen molar-refractivity contribution in [2.75, 3.05) is 17.7 Å². The molecule has 0 spiro atoms. The van der Waals surface area contributed by atoms with Gasteiger partial charge in [-0.1, -0.05) is 11.6 Å². The van der Waals surface area contributed by atoms with Gasteiger partial charge in [0.15, 0.2) is 0 Å². The topological polar surface area (TPSA) is 80.3 Å². The van der Waals surface area contributed by atoms with Gasteiger partial charge >= 0.3 is 5.97 Å². The number of carbonyl (C=O) groups is 2. The second kappa shape index (κ2) is 6.88. The third-order valence-corrected chi connectivity index (χ3v) is 3.91. The summed E-state index contributed by atoms with van der Waals surface area (Å²) in [6.45, 7) is 0. The lowest BCUT2D eigenvalue weighted by Gasteiger charge is -2.09. The average molecular weight is 346 g/mol. The van der Waals surface area contributed by atoms with E-state index in [9.17, 15) is 9.59 Å². The predicted octanol–water partition coefficient (Wildman–Crippen LogP) is 3.35. The predicted molar refractivity (Wildman–Crippen MR) is 91.6 cm³/mol. The minimum absolute atomic E-state index is 0.260. The Kier molecular flexibility index (Phi) is 4.66. The van der Waals surface area contributed by atoms with E-state index >= 15 is 0 Å². The smallest absolute Gasteiger partial charge is 0.337 e.